The number of halogens is 6. The van der Waals surface area contributed by atoms with E-state index in [1.54, 1.807) is 0 Å². The number of ether oxygens (including phenoxy) is 1. The molecular weight excluding hydrogens is 562 g/mol. The van der Waals surface area contributed by atoms with E-state index in [1.165, 1.54) is 43.1 Å². The van der Waals surface area contributed by atoms with Gasteiger partial charge in [-0.1, -0.05) is 0 Å². The third-order valence-electron chi connectivity index (χ3n) is 6.65. The van der Waals surface area contributed by atoms with Crippen molar-refractivity contribution in [3.05, 3.63) is 69.3 Å². The van der Waals surface area contributed by atoms with Crippen LogP contribution in [-0.4, -0.2) is 70.5 Å². The summed E-state index contributed by atoms with van der Waals surface area (Å²) in [7, 11) is 1.48. The van der Waals surface area contributed by atoms with Crippen molar-refractivity contribution in [2.45, 2.75) is 38.5 Å². The van der Waals surface area contributed by atoms with Crippen molar-refractivity contribution in [1.29, 1.82) is 0 Å². The first-order valence-electron chi connectivity index (χ1n) is 12.2. The highest BCUT2D eigenvalue weighted by molar-refractivity contribution is 5.94. The number of aryl methyl sites for hydroxylation is 1. The number of hydrogen-bond acceptors (Lipinski definition) is 6. The Morgan fingerprint density at radius 1 is 1.12 bits per heavy atom. The molecule has 1 N–H and O–H groups in total. The van der Waals surface area contributed by atoms with Crippen LogP contribution in [0.4, 0.5) is 32.0 Å². The smallest absolute Gasteiger partial charge is 0.416 e. The molecule has 2 heterocycles. The number of morpholine rings is 1. The Hall–Kier alpha value is -4.14. The van der Waals surface area contributed by atoms with Gasteiger partial charge in [-0.25, -0.2) is 4.98 Å². The largest absolute Gasteiger partial charge is 0.480 e. The van der Waals surface area contributed by atoms with Gasteiger partial charge in [0.2, 0.25) is 0 Å². The van der Waals surface area contributed by atoms with Gasteiger partial charge < -0.3 is 19.6 Å². The topological polar surface area (TPSA) is 105 Å². The zero-order valence-corrected chi connectivity index (χ0v) is 21.7. The van der Waals surface area contributed by atoms with Gasteiger partial charge in [-0.2, -0.15) is 26.3 Å². The van der Waals surface area contributed by atoms with Gasteiger partial charge in [-0.3, -0.25) is 19.0 Å². The van der Waals surface area contributed by atoms with Crippen LogP contribution in [0.3, 0.4) is 0 Å². The number of carboxylic acid groups (broad SMARTS) is 1. The van der Waals surface area contributed by atoms with Crippen molar-refractivity contribution in [2.75, 3.05) is 31.6 Å². The van der Waals surface area contributed by atoms with Crippen molar-refractivity contribution in [3.8, 4) is 0 Å². The Bertz CT molecular complexity index is 1540. The maximum Gasteiger partial charge on any atom is 0.416 e. The number of carbonyl (C=O) groups excluding carboxylic acids is 1. The summed E-state index contributed by atoms with van der Waals surface area (Å²) < 4.78 is 86.5. The minimum absolute atomic E-state index is 0.0300. The number of anilines is 1. The minimum atomic E-state index is -4.79. The fraction of sp³-hybridized carbons (Fsp3) is 0.385. The highest BCUT2D eigenvalue weighted by atomic mass is 19.4. The van der Waals surface area contributed by atoms with E-state index in [1.807, 2.05) is 0 Å². The second-order valence-corrected chi connectivity index (χ2v) is 9.52. The number of fused-ring (bicyclic) bond motifs is 1. The summed E-state index contributed by atoms with van der Waals surface area (Å²) in [5.74, 6) is -2.02. The molecule has 1 saturated heterocycles. The van der Waals surface area contributed by atoms with E-state index >= 15 is 0 Å². The van der Waals surface area contributed by atoms with Crippen LogP contribution in [0.15, 0.2) is 41.2 Å². The summed E-state index contributed by atoms with van der Waals surface area (Å²) in [6.45, 7) is -0.689. The molecule has 1 aliphatic rings. The van der Waals surface area contributed by atoms with Crippen LogP contribution in [0.25, 0.3) is 10.9 Å². The summed E-state index contributed by atoms with van der Waals surface area (Å²) in [5.41, 5.74) is -1.86. The summed E-state index contributed by atoms with van der Waals surface area (Å²) in [6, 6.07) is 7.37. The number of aromatic nitrogens is 2. The molecule has 1 unspecified atom stereocenters. The molecule has 1 aliphatic heterocycles. The standard InChI is InChI=1S/C26H24F6N4O5/c1-14-33-20-10-19(25(27,28)29)16(9-18(20)24(40)36(14)13-22(37)38)11-34(2)17-5-3-15(4-6-17)23(39)35-7-8-41-21(12-35)26(30,31)32/h3-6,9-10,21H,7-8,11-13H2,1-2H3,(H,37,38). The van der Waals surface area contributed by atoms with Crippen molar-refractivity contribution in [3.63, 3.8) is 0 Å². The molecule has 0 aliphatic carbocycles. The Balaban J connectivity index is 1.61. The molecule has 41 heavy (non-hydrogen) atoms. The lowest BCUT2D eigenvalue weighted by Gasteiger charge is -2.34. The molecule has 4 rings (SSSR count). The van der Waals surface area contributed by atoms with Crippen molar-refractivity contribution >= 4 is 28.5 Å². The third-order valence-corrected chi connectivity index (χ3v) is 6.65. The van der Waals surface area contributed by atoms with Gasteiger partial charge in [0, 0.05) is 31.4 Å². The molecule has 0 radical (unpaired) electrons. The van der Waals surface area contributed by atoms with E-state index in [0.29, 0.717) is 5.69 Å². The molecule has 1 fully saturated rings. The average Bonchev–Trinajstić information content (AvgIpc) is 2.89. The molecule has 220 valence electrons. The molecule has 0 spiro atoms. The van der Waals surface area contributed by atoms with E-state index in [0.717, 1.165) is 21.6 Å². The number of alkyl halides is 6. The maximum atomic E-state index is 14.0. The number of aliphatic carboxylic acids is 1. The number of amides is 1. The zero-order valence-electron chi connectivity index (χ0n) is 21.7. The van der Waals surface area contributed by atoms with Crippen LogP contribution < -0.4 is 10.5 Å². The average molecular weight is 586 g/mol. The van der Waals surface area contributed by atoms with Crippen LogP contribution in [0, 0.1) is 6.92 Å². The Morgan fingerprint density at radius 2 is 1.78 bits per heavy atom. The van der Waals surface area contributed by atoms with Crippen LogP contribution >= 0.6 is 0 Å². The van der Waals surface area contributed by atoms with Gasteiger partial charge in [-0.05, 0) is 48.9 Å². The van der Waals surface area contributed by atoms with Crippen molar-refractivity contribution in [1.82, 2.24) is 14.5 Å². The lowest BCUT2D eigenvalue weighted by molar-refractivity contribution is -0.233. The summed E-state index contributed by atoms with van der Waals surface area (Å²) in [6.07, 6.45) is -11.5. The first-order chi connectivity index (χ1) is 19.1. The quantitative estimate of drug-likeness (QED) is 0.438. The van der Waals surface area contributed by atoms with E-state index < -0.39 is 54.5 Å². The summed E-state index contributed by atoms with van der Waals surface area (Å²) in [4.78, 5) is 43.3. The normalized spacial score (nSPS) is 16.2. The third kappa shape index (κ3) is 6.45. The molecule has 1 aromatic heterocycles. The first-order valence-corrected chi connectivity index (χ1v) is 12.2. The van der Waals surface area contributed by atoms with Crippen LogP contribution in [0.2, 0.25) is 0 Å². The highest BCUT2D eigenvalue weighted by Gasteiger charge is 2.44. The van der Waals surface area contributed by atoms with Gasteiger partial charge in [0.15, 0.2) is 6.10 Å². The molecule has 9 nitrogen and oxygen atoms in total. The molecule has 0 saturated carbocycles. The van der Waals surface area contributed by atoms with Crippen molar-refractivity contribution < 1.29 is 45.8 Å². The molecule has 0 bridgehead atoms. The maximum absolute atomic E-state index is 14.0. The predicted octanol–water partition coefficient (Wildman–Crippen LogP) is 3.85. The lowest BCUT2D eigenvalue weighted by Crippen LogP contribution is -2.51. The van der Waals surface area contributed by atoms with E-state index in [-0.39, 0.29) is 47.6 Å². The number of carbonyl (C=O) groups is 2. The van der Waals surface area contributed by atoms with Gasteiger partial charge in [0.05, 0.1) is 29.6 Å². The van der Waals surface area contributed by atoms with Gasteiger partial charge >= 0.3 is 18.3 Å². The van der Waals surface area contributed by atoms with Crippen molar-refractivity contribution in [2.24, 2.45) is 0 Å². The fourth-order valence-corrected chi connectivity index (χ4v) is 4.56. The zero-order chi connectivity index (χ0) is 30.3. The van der Waals surface area contributed by atoms with Crippen LogP contribution in [-0.2, 0) is 28.8 Å². The van der Waals surface area contributed by atoms with E-state index in [4.69, 9.17) is 9.84 Å². The Morgan fingerprint density at radius 3 is 2.37 bits per heavy atom. The van der Waals surface area contributed by atoms with Crippen LogP contribution in [0.5, 0.6) is 0 Å². The monoisotopic (exact) mass is 586 g/mol. The molecule has 1 amide bonds. The Labute approximate surface area is 228 Å². The minimum Gasteiger partial charge on any atom is -0.480 e. The molecule has 2 aromatic carbocycles. The number of rotatable bonds is 6. The second kappa shape index (κ2) is 11.0. The number of nitrogens with zero attached hydrogens (tertiary/aromatic N) is 4. The highest BCUT2D eigenvalue weighted by Crippen LogP contribution is 2.35. The van der Waals surface area contributed by atoms with Crippen LogP contribution in [0.1, 0.15) is 27.3 Å². The lowest BCUT2D eigenvalue weighted by atomic mass is 10.0. The SMILES string of the molecule is Cc1nc2cc(C(F)(F)F)c(CN(C)c3ccc(C(=O)N4CCOC(C(F)(F)F)C4)cc3)cc2c(=O)n1CC(=O)O. The number of hydrogen-bond donors (Lipinski definition) is 1. The summed E-state index contributed by atoms with van der Waals surface area (Å²) in [5, 5.41) is 8.91. The molecule has 15 heteroatoms. The fourth-order valence-electron chi connectivity index (χ4n) is 4.56. The van der Waals surface area contributed by atoms with Gasteiger partial charge in [-0.15, -0.1) is 0 Å². The molecular formula is C26H24F6N4O5. The molecule has 3 aromatic rings. The molecule has 1 atom stereocenters. The van der Waals surface area contributed by atoms with E-state index in [2.05, 4.69) is 4.98 Å². The number of carboxylic acids is 1. The van der Waals surface area contributed by atoms with Gasteiger partial charge in [0.1, 0.15) is 12.4 Å². The van der Waals surface area contributed by atoms with Gasteiger partial charge in [0.25, 0.3) is 11.5 Å². The first kappa shape index (κ1) is 29.8. The Kier molecular flexibility index (Phi) is 8.02. The number of benzene rings is 2. The predicted molar refractivity (Wildman–Crippen MR) is 134 cm³/mol. The van der Waals surface area contributed by atoms with E-state index in [9.17, 15) is 40.7 Å². The summed E-state index contributed by atoms with van der Waals surface area (Å²) >= 11 is 0. The second-order valence-electron chi connectivity index (χ2n) is 9.52.